The average molecular weight is 427 g/mol. The molecule has 2 aliphatic rings. The summed E-state index contributed by atoms with van der Waals surface area (Å²) in [4.78, 5) is 0. The molecule has 2 aromatic rings. The molecule has 0 saturated heterocycles. The molecule has 1 fully saturated rings. The molecule has 1 heterocycles. The van der Waals surface area contributed by atoms with Crippen molar-refractivity contribution in [2.75, 3.05) is 6.54 Å². The van der Waals surface area contributed by atoms with Crippen LogP contribution in [-0.4, -0.2) is 23.8 Å². The molecule has 5 heteroatoms. The number of nitrogens with one attached hydrogen (secondary N) is 1. The van der Waals surface area contributed by atoms with Crippen LogP contribution in [0.2, 0.25) is 0 Å². The van der Waals surface area contributed by atoms with Crippen molar-refractivity contribution >= 4 is 15.9 Å². The Kier molecular flexibility index (Phi) is 5.23. The minimum absolute atomic E-state index is 0.154. The van der Waals surface area contributed by atoms with Crippen molar-refractivity contribution in [1.82, 2.24) is 5.32 Å². The van der Waals surface area contributed by atoms with Gasteiger partial charge in [-0.05, 0) is 59.3 Å². The highest BCUT2D eigenvalue weighted by atomic mass is 79.9. The summed E-state index contributed by atoms with van der Waals surface area (Å²) in [6, 6.07) is 16.7. The quantitative estimate of drug-likeness (QED) is 0.773. The largest absolute Gasteiger partial charge is 0.481 e. The van der Waals surface area contributed by atoms with Gasteiger partial charge in [0.15, 0.2) is 5.60 Å². The fourth-order valence-electron chi connectivity index (χ4n) is 4.17. The highest BCUT2D eigenvalue weighted by Crippen LogP contribution is 2.45. The standard InChI is InChI=1S/C22H23BrN2O2/c23-21-15(13-24)6-11-20-19(21)12-22(27-20,16-4-2-1-3-5-16)14-25-17-7-9-18(26)10-8-17/h1-6,11,17-18,25-26H,7-10,12,14H2/t17?,18?,22-/m1/s1. The molecule has 2 aromatic carbocycles. The van der Waals surface area contributed by atoms with E-state index in [2.05, 4.69) is 39.4 Å². The van der Waals surface area contributed by atoms with Gasteiger partial charge in [-0.15, -0.1) is 0 Å². The van der Waals surface area contributed by atoms with E-state index in [9.17, 15) is 10.4 Å². The fourth-order valence-corrected chi connectivity index (χ4v) is 4.73. The van der Waals surface area contributed by atoms with Gasteiger partial charge in [0.05, 0.1) is 11.7 Å². The van der Waals surface area contributed by atoms with Gasteiger partial charge in [0, 0.05) is 29.0 Å². The average Bonchev–Trinajstić information content (AvgIpc) is 3.10. The Labute approximate surface area is 168 Å². The first-order valence-corrected chi connectivity index (χ1v) is 10.3. The first-order valence-electron chi connectivity index (χ1n) is 9.49. The van der Waals surface area contributed by atoms with Gasteiger partial charge < -0.3 is 15.2 Å². The first kappa shape index (κ1) is 18.5. The SMILES string of the molecule is N#Cc1ccc2c(c1Br)C[C@@](CNC1CCC(O)CC1)(c1ccccc1)O2. The van der Waals surface area contributed by atoms with Gasteiger partial charge in [-0.3, -0.25) is 0 Å². The lowest BCUT2D eigenvalue weighted by molar-refractivity contribution is 0.0761. The number of aliphatic hydroxyl groups is 1. The number of nitrogens with zero attached hydrogens (tertiary/aromatic N) is 1. The Bertz CT molecular complexity index is 857. The van der Waals surface area contributed by atoms with Crippen LogP contribution in [0.25, 0.3) is 0 Å². The summed E-state index contributed by atoms with van der Waals surface area (Å²) in [6.07, 6.45) is 4.24. The molecule has 0 radical (unpaired) electrons. The van der Waals surface area contributed by atoms with E-state index in [4.69, 9.17) is 4.74 Å². The maximum atomic E-state index is 9.75. The van der Waals surface area contributed by atoms with E-state index in [1.54, 1.807) is 6.07 Å². The molecule has 140 valence electrons. The van der Waals surface area contributed by atoms with Gasteiger partial charge in [0.25, 0.3) is 0 Å². The number of ether oxygens (including phenoxy) is 1. The maximum absolute atomic E-state index is 9.75. The van der Waals surface area contributed by atoms with E-state index in [1.807, 2.05) is 24.3 Å². The van der Waals surface area contributed by atoms with E-state index in [0.717, 1.165) is 47.0 Å². The van der Waals surface area contributed by atoms with Crippen LogP contribution in [-0.2, 0) is 12.0 Å². The number of halogens is 1. The molecule has 0 bridgehead atoms. The zero-order valence-corrected chi connectivity index (χ0v) is 16.7. The van der Waals surface area contributed by atoms with Crippen LogP contribution in [0.5, 0.6) is 5.75 Å². The van der Waals surface area contributed by atoms with Crippen molar-refractivity contribution < 1.29 is 9.84 Å². The number of hydrogen-bond acceptors (Lipinski definition) is 4. The highest BCUT2D eigenvalue weighted by Gasteiger charge is 2.42. The molecule has 27 heavy (non-hydrogen) atoms. The third-order valence-corrected chi connectivity index (χ3v) is 6.67. The molecule has 1 aliphatic carbocycles. The van der Waals surface area contributed by atoms with Gasteiger partial charge in [0.2, 0.25) is 0 Å². The number of nitriles is 1. The van der Waals surface area contributed by atoms with Crippen molar-refractivity contribution in [2.24, 2.45) is 0 Å². The Morgan fingerprint density at radius 3 is 2.59 bits per heavy atom. The fraction of sp³-hybridized carbons (Fsp3) is 0.409. The second-order valence-electron chi connectivity index (χ2n) is 7.54. The van der Waals surface area contributed by atoms with Crippen LogP contribution in [0, 0.1) is 11.3 Å². The predicted molar refractivity (Wildman–Crippen MR) is 108 cm³/mol. The van der Waals surface area contributed by atoms with Gasteiger partial charge in [0.1, 0.15) is 11.8 Å². The highest BCUT2D eigenvalue weighted by molar-refractivity contribution is 9.10. The van der Waals surface area contributed by atoms with E-state index < -0.39 is 5.60 Å². The third-order valence-electron chi connectivity index (χ3n) is 5.76. The van der Waals surface area contributed by atoms with Gasteiger partial charge >= 0.3 is 0 Å². The summed E-state index contributed by atoms with van der Waals surface area (Å²) in [5.74, 6) is 0.839. The predicted octanol–water partition coefficient (Wildman–Crippen LogP) is 4.04. The van der Waals surface area contributed by atoms with Crippen LogP contribution in [0.1, 0.15) is 42.4 Å². The Hall–Kier alpha value is -1.87. The summed E-state index contributed by atoms with van der Waals surface area (Å²) < 4.78 is 7.36. The minimum atomic E-state index is -0.490. The van der Waals surface area contributed by atoms with Crippen LogP contribution < -0.4 is 10.1 Å². The molecular weight excluding hydrogens is 404 g/mol. The minimum Gasteiger partial charge on any atom is -0.481 e. The van der Waals surface area contributed by atoms with Crippen LogP contribution >= 0.6 is 15.9 Å². The lowest BCUT2D eigenvalue weighted by Crippen LogP contribution is -2.46. The monoisotopic (exact) mass is 426 g/mol. The molecule has 1 atom stereocenters. The number of aliphatic hydroxyl groups excluding tert-OH is 1. The topological polar surface area (TPSA) is 65.3 Å². The summed E-state index contributed by atoms with van der Waals surface area (Å²) >= 11 is 3.60. The molecule has 4 rings (SSSR count). The summed E-state index contributed by atoms with van der Waals surface area (Å²) in [5.41, 5.74) is 2.33. The molecule has 2 N–H and O–H groups in total. The van der Waals surface area contributed by atoms with Crippen molar-refractivity contribution in [3.05, 3.63) is 63.6 Å². The second-order valence-corrected chi connectivity index (χ2v) is 8.33. The van der Waals surface area contributed by atoms with Crippen molar-refractivity contribution in [3.63, 3.8) is 0 Å². The van der Waals surface area contributed by atoms with E-state index in [-0.39, 0.29) is 6.10 Å². The van der Waals surface area contributed by atoms with Crippen LogP contribution in [0.4, 0.5) is 0 Å². The van der Waals surface area contributed by atoms with Crippen LogP contribution in [0.3, 0.4) is 0 Å². The van der Waals surface area contributed by atoms with E-state index in [1.165, 1.54) is 0 Å². The zero-order chi connectivity index (χ0) is 18.9. The number of hydrogen-bond donors (Lipinski definition) is 2. The molecule has 4 nitrogen and oxygen atoms in total. The Balaban J connectivity index is 1.61. The summed E-state index contributed by atoms with van der Waals surface area (Å²) in [5, 5.41) is 22.8. The second kappa shape index (κ2) is 7.63. The lowest BCUT2D eigenvalue weighted by atomic mass is 9.87. The number of fused-ring (bicyclic) bond motifs is 1. The van der Waals surface area contributed by atoms with Gasteiger partial charge in [-0.25, -0.2) is 0 Å². The molecule has 1 aliphatic heterocycles. The third kappa shape index (κ3) is 3.62. The van der Waals surface area contributed by atoms with Crippen LogP contribution in [0.15, 0.2) is 46.9 Å². The smallest absolute Gasteiger partial charge is 0.150 e. The van der Waals surface area contributed by atoms with Gasteiger partial charge in [-0.1, -0.05) is 30.3 Å². The lowest BCUT2D eigenvalue weighted by Gasteiger charge is -2.34. The maximum Gasteiger partial charge on any atom is 0.150 e. The molecule has 1 saturated carbocycles. The number of benzene rings is 2. The normalized spacial score (nSPS) is 26.9. The van der Waals surface area contributed by atoms with E-state index in [0.29, 0.717) is 24.6 Å². The van der Waals surface area contributed by atoms with Crippen molar-refractivity contribution in [2.45, 2.75) is 49.9 Å². The Morgan fingerprint density at radius 2 is 1.89 bits per heavy atom. The first-order chi connectivity index (χ1) is 13.1. The molecular formula is C22H23BrN2O2. The zero-order valence-electron chi connectivity index (χ0n) is 15.1. The Morgan fingerprint density at radius 1 is 1.15 bits per heavy atom. The summed E-state index contributed by atoms with van der Waals surface area (Å²) in [6.45, 7) is 0.695. The molecule has 0 aromatic heterocycles. The summed E-state index contributed by atoms with van der Waals surface area (Å²) in [7, 11) is 0. The van der Waals surface area contributed by atoms with Crippen molar-refractivity contribution in [1.29, 1.82) is 5.26 Å². The number of rotatable bonds is 4. The van der Waals surface area contributed by atoms with Gasteiger partial charge in [-0.2, -0.15) is 5.26 Å². The molecule has 0 amide bonds. The molecule has 0 unspecified atom stereocenters. The molecule has 0 spiro atoms. The van der Waals surface area contributed by atoms with E-state index >= 15 is 0 Å². The van der Waals surface area contributed by atoms with Crippen molar-refractivity contribution in [3.8, 4) is 11.8 Å².